The minimum atomic E-state index is -0.537. The van der Waals surface area contributed by atoms with Crippen LogP contribution in [0.15, 0.2) is 34.9 Å². The van der Waals surface area contributed by atoms with Gasteiger partial charge in [-0.3, -0.25) is 14.6 Å². The predicted octanol–water partition coefficient (Wildman–Crippen LogP) is 3.33. The number of piperazine rings is 1. The van der Waals surface area contributed by atoms with Gasteiger partial charge in [0.2, 0.25) is 5.91 Å². The van der Waals surface area contributed by atoms with E-state index in [1.165, 1.54) is 23.5 Å². The average Bonchev–Trinajstić information content (AvgIpc) is 3.39. The molecule has 0 aliphatic carbocycles. The monoisotopic (exact) mass is 458 g/mol. The molecular weight excluding hydrogens is 427 g/mol. The molecule has 0 bridgehead atoms. The van der Waals surface area contributed by atoms with Gasteiger partial charge in [-0.05, 0) is 35.7 Å². The lowest BCUT2D eigenvalue weighted by Gasteiger charge is -2.36. The number of cyclic esters (lactones) is 1. The lowest BCUT2D eigenvalue weighted by Crippen LogP contribution is -2.46. The van der Waals surface area contributed by atoms with Crippen molar-refractivity contribution in [1.82, 2.24) is 10.2 Å². The van der Waals surface area contributed by atoms with E-state index in [1.54, 1.807) is 12.1 Å². The standard InChI is InChI=1S/C24H31FN4O4/c1-16(2)18-10-20(32-15-18)13-27-6-8-28(9-7-27)23-5-4-19(11-22(23)25)29-14-21(33-24(29)31)12-26-17(3)30/h4-5,10-11,15-16,21H,6-9,12-14H2,1-3H3,(H,26,30)/t21-/m0/s1. The van der Waals surface area contributed by atoms with Gasteiger partial charge >= 0.3 is 6.09 Å². The van der Waals surface area contributed by atoms with Crippen molar-refractivity contribution in [3.8, 4) is 0 Å². The number of ether oxygens (including phenoxy) is 1. The molecule has 1 aromatic heterocycles. The molecular formula is C24H31FN4O4. The van der Waals surface area contributed by atoms with Gasteiger partial charge in [0.15, 0.2) is 0 Å². The van der Waals surface area contributed by atoms with Gasteiger partial charge in [-0.15, -0.1) is 0 Å². The molecule has 1 aromatic carbocycles. The van der Waals surface area contributed by atoms with Crippen LogP contribution < -0.4 is 15.1 Å². The summed E-state index contributed by atoms with van der Waals surface area (Å²) in [7, 11) is 0. The molecule has 3 heterocycles. The van der Waals surface area contributed by atoms with Gasteiger partial charge in [-0.25, -0.2) is 9.18 Å². The lowest BCUT2D eigenvalue weighted by atomic mass is 10.1. The van der Waals surface area contributed by atoms with Crippen molar-refractivity contribution in [2.24, 2.45) is 0 Å². The third kappa shape index (κ3) is 5.47. The molecule has 2 fully saturated rings. The Morgan fingerprint density at radius 3 is 2.61 bits per heavy atom. The zero-order valence-corrected chi connectivity index (χ0v) is 19.3. The maximum absolute atomic E-state index is 15.0. The first kappa shape index (κ1) is 23.1. The molecule has 0 saturated carbocycles. The van der Waals surface area contributed by atoms with Gasteiger partial charge in [-0.2, -0.15) is 0 Å². The van der Waals surface area contributed by atoms with Crippen molar-refractivity contribution in [2.75, 3.05) is 49.1 Å². The number of anilines is 2. The van der Waals surface area contributed by atoms with Gasteiger partial charge in [-0.1, -0.05) is 13.8 Å². The number of carbonyl (C=O) groups is 2. The summed E-state index contributed by atoms with van der Waals surface area (Å²) in [6, 6.07) is 6.94. The number of halogens is 1. The van der Waals surface area contributed by atoms with Crippen LogP contribution in [0.3, 0.4) is 0 Å². The molecule has 0 radical (unpaired) electrons. The molecule has 4 rings (SSSR count). The van der Waals surface area contributed by atoms with Gasteiger partial charge in [0, 0.05) is 33.1 Å². The van der Waals surface area contributed by atoms with Crippen LogP contribution in [-0.2, 0) is 16.1 Å². The number of hydrogen-bond acceptors (Lipinski definition) is 6. The highest BCUT2D eigenvalue weighted by Crippen LogP contribution is 2.29. The molecule has 2 saturated heterocycles. The van der Waals surface area contributed by atoms with Crippen molar-refractivity contribution in [1.29, 1.82) is 0 Å². The Bertz CT molecular complexity index is 1000. The molecule has 2 aliphatic heterocycles. The number of nitrogens with zero attached hydrogens (tertiary/aromatic N) is 3. The number of nitrogens with one attached hydrogen (secondary N) is 1. The van der Waals surface area contributed by atoms with E-state index in [2.05, 4.69) is 30.1 Å². The molecule has 178 valence electrons. The summed E-state index contributed by atoms with van der Waals surface area (Å²) >= 11 is 0. The summed E-state index contributed by atoms with van der Waals surface area (Å²) in [4.78, 5) is 29.0. The molecule has 1 atom stereocenters. The first-order chi connectivity index (χ1) is 15.8. The minimum absolute atomic E-state index is 0.190. The highest BCUT2D eigenvalue weighted by Gasteiger charge is 2.33. The molecule has 2 aliphatic rings. The van der Waals surface area contributed by atoms with Crippen LogP contribution in [0, 0.1) is 5.82 Å². The fourth-order valence-electron chi connectivity index (χ4n) is 4.17. The van der Waals surface area contributed by atoms with Crippen LogP contribution in [0.4, 0.5) is 20.6 Å². The third-order valence-corrected chi connectivity index (χ3v) is 6.13. The minimum Gasteiger partial charge on any atom is -0.468 e. The second-order valence-corrected chi connectivity index (χ2v) is 8.95. The van der Waals surface area contributed by atoms with E-state index >= 15 is 0 Å². The smallest absolute Gasteiger partial charge is 0.414 e. The van der Waals surface area contributed by atoms with Gasteiger partial charge < -0.3 is 19.4 Å². The number of benzene rings is 1. The quantitative estimate of drug-likeness (QED) is 0.686. The third-order valence-electron chi connectivity index (χ3n) is 6.13. The first-order valence-corrected chi connectivity index (χ1v) is 11.4. The van der Waals surface area contributed by atoms with Crippen molar-refractivity contribution in [3.05, 3.63) is 47.7 Å². The normalized spacial score (nSPS) is 19.3. The maximum Gasteiger partial charge on any atom is 0.414 e. The van der Waals surface area contributed by atoms with E-state index in [1.807, 2.05) is 11.2 Å². The van der Waals surface area contributed by atoms with Crippen LogP contribution in [-0.4, -0.2) is 62.3 Å². The molecule has 0 spiro atoms. The summed E-state index contributed by atoms with van der Waals surface area (Å²) in [5.74, 6) is 0.837. The van der Waals surface area contributed by atoms with Crippen LogP contribution >= 0.6 is 0 Å². The summed E-state index contributed by atoms with van der Waals surface area (Å²) in [6.07, 6.45) is 0.832. The Labute approximate surface area is 193 Å². The summed E-state index contributed by atoms with van der Waals surface area (Å²) in [5.41, 5.74) is 2.18. The van der Waals surface area contributed by atoms with Gasteiger partial charge in [0.25, 0.3) is 0 Å². The van der Waals surface area contributed by atoms with E-state index in [0.29, 0.717) is 30.4 Å². The summed E-state index contributed by atoms with van der Waals surface area (Å²) < 4.78 is 25.9. The number of rotatable bonds is 7. The van der Waals surface area contributed by atoms with E-state index in [4.69, 9.17) is 9.15 Å². The van der Waals surface area contributed by atoms with Crippen molar-refractivity contribution < 1.29 is 23.1 Å². The van der Waals surface area contributed by atoms with Crippen LogP contribution in [0.25, 0.3) is 0 Å². The van der Waals surface area contributed by atoms with Crippen molar-refractivity contribution in [2.45, 2.75) is 39.3 Å². The fraction of sp³-hybridized carbons (Fsp3) is 0.500. The van der Waals surface area contributed by atoms with Crippen LogP contribution in [0.2, 0.25) is 0 Å². The SMILES string of the molecule is CC(=O)NC[C@H]1CN(c2ccc(N3CCN(Cc4cc(C(C)C)co4)CC3)c(F)c2)C(=O)O1. The summed E-state index contributed by atoms with van der Waals surface area (Å²) in [6.45, 7) is 9.97. The molecule has 0 unspecified atom stereocenters. The highest BCUT2D eigenvalue weighted by molar-refractivity contribution is 5.90. The highest BCUT2D eigenvalue weighted by atomic mass is 19.1. The largest absolute Gasteiger partial charge is 0.468 e. The number of hydrogen-bond donors (Lipinski definition) is 1. The second kappa shape index (κ2) is 9.82. The summed E-state index contributed by atoms with van der Waals surface area (Å²) in [5, 5.41) is 2.63. The topological polar surface area (TPSA) is 78.3 Å². The average molecular weight is 459 g/mol. The van der Waals surface area contributed by atoms with Crippen molar-refractivity contribution >= 4 is 23.4 Å². The van der Waals surface area contributed by atoms with E-state index < -0.39 is 12.2 Å². The maximum atomic E-state index is 15.0. The first-order valence-electron chi connectivity index (χ1n) is 11.4. The Morgan fingerprint density at radius 2 is 1.97 bits per heavy atom. The molecule has 2 aromatic rings. The number of amides is 2. The van der Waals surface area contributed by atoms with Crippen LogP contribution in [0.5, 0.6) is 0 Å². The Hall–Kier alpha value is -3.07. The van der Waals surface area contributed by atoms with E-state index in [-0.39, 0.29) is 24.8 Å². The zero-order chi connectivity index (χ0) is 23.5. The van der Waals surface area contributed by atoms with Crippen molar-refractivity contribution in [3.63, 3.8) is 0 Å². The lowest BCUT2D eigenvalue weighted by molar-refractivity contribution is -0.119. The zero-order valence-electron chi connectivity index (χ0n) is 19.3. The number of furan rings is 1. The molecule has 2 amide bonds. The van der Waals surface area contributed by atoms with Gasteiger partial charge in [0.05, 0.1) is 37.3 Å². The second-order valence-electron chi connectivity index (χ2n) is 8.95. The fourth-order valence-corrected chi connectivity index (χ4v) is 4.17. The van der Waals surface area contributed by atoms with Crippen LogP contribution in [0.1, 0.15) is 38.0 Å². The van der Waals surface area contributed by atoms with E-state index in [0.717, 1.165) is 25.4 Å². The van der Waals surface area contributed by atoms with E-state index in [9.17, 15) is 14.0 Å². The number of carbonyl (C=O) groups excluding carboxylic acids is 2. The Kier molecular flexibility index (Phi) is 6.88. The molecule has 8 nitrogen and oxygen atoms in total. The Morgan fingerprint density at radius 1 is 1.21 bits per heavy atom. The molecule has 1 N–H and O–H groups in total. The molecule has 9 heteroatoms. The van der Waals surface area contributed by atoms with Gasteiger partial charge in [0.1, 0.15) is 17.7 Å². The molecule has 33 heavy (non-hydrogen) atoms. The Balaban J connectivity index is 1.33. The predicted molar refractivity (Wildman–Crippen MR) is 123 cm³/mol.